The predicted molar refractivity (Wildman–Crippen MR) is 116 cm³/mol. The van der Waals surface area contributed by atoms with Crippen molar-refractivity contribution in [3.05, 3.63) is 82.5 Å². The van der Waals surface area contributed by atoms with Crippen LogP contribution in [0, 0.1) is 5.82 Å². The molecule has 2 aromatic carbocycles. The number of rotatable bonds is 8. The summed E-state index contributed by atoms with van der Waals surface area (Å²) in [7, 11) is 0. The van der Waals surface area contributed by atoms with E-state index >= 15 is 0 Å². The molecule has 1 heterocycles. The fraction of sp³-hybridized carbons (Fsp3) is 0.174. The summed E-state index contributed by atoms with van der Waals surface area (Å²) in [6, 6.07) is 12.8. The Morgan fingerprint density at radius 2 is 1.84 bits per heavy atom. The van der Waals surface area contributed by atoms with Gasteiger partial charge in [-0.2, -0.15) is 0 Å². The third-order valence-electron chi connectivity index (χ3n) is 4.79. The van der Waals surface area contributed by atoms with E-state index in [0.717, 1.165) is 11.5 Å². The van der Waals surface area contributed by atoms with Crippen LogP contribution in [-0.2, 0) is 20.9 Å². The first kappa shape index (κ1) is 22.5. The van der Waals surface area contributed by atoms with Crippen LogP contribution in [0.25, 0.3) is 11.4 Å². The Balaban J connectivity index is 2.05. The Morgan fingerprint density at radius 3 is 2.50 bits per heavy atom. The maximum Gasteiger partial charge on any atom is 0.277 e. The molecule has 3 aromatic rings. The van der Waals surface area contributed by atoms with Crippen LogP contribution < -0.4 is 16.6 Å². The van der Waals surface area contributed by atoms with Gasteiger partial charge in [-0.25, -0.2) is 9.37 Å². The standard InChI is InChI=1S/C23H21FN4O4/c1-14(29)20(30)11-19(22(31)27-12-15-6-5-9-17(24)10-15)28-21(16-7-3-2-4-8-16)26-13-18(25)23(28)32/h2-10,13,19H,11-12,25H2,1H3,(H,27,31). The minimum Gasteiger partial charge on any atom is -0.393 e. The zero-order valence-electron chi connectivity index (χ0n) is 17.2. The lowest BCUT2D eigenvalue weighted by Crippen LogP contribution is -2.40. The number of nitrogen functional groups attached to an aromatic ring is 1. The van der Waals surface area contributed by atoms with Crippen molar-refractivity contribution in [1.82, 2.24) is 14.9 Å². The zero-order chi connectivity index (χ0) is 23.3. The average molecular weight is 436 g/mol. The molecule has 0 fully saturated rings. The first-order chi connectivity index (χ1) is 15.3. The molecule has 3 N–H and O–H groups in total. The minimum atomic E-state index is -1.39. The number of aromatic nitrogens is 2. The van der Waals surface area contributed by atoms with Crippen molar-refractivity contribution >= 4 is 23.2 Å². The molecule has 0 aliphatic heterocycles. The summed E-state index contributed by atoms with van der Waals surface area (Å²) < 4.78 is 14.5. The summed E-state index contributed by atoms with van der Waals surface area (Å²) in [5, 5.41) is 2.60. The molecule has 0 saturated heterocycles. The second-order valence-corrected chi connectivity index (χ2v) is 7.13. The minimum absolute atomic E-state index is 0.0491. The number of amides is 1. The number of anilines is 1. The van der Waals surface area contributed by atoms with Crippen LogP contribution >= 0.6 is 0 Å². The second kappa shape index (κ2) is 9.78. The van der Waals surface area contributed by atoms with E-state index in [4.69, 9.17) is 5.73 Å². The number of nitrogens with one attached hydrogen (secondary N) is 1. The highest BCUT2D eigenvalue weighted by Crippen LogP contribution is 2.22. The quantitative estimate of drug-likeness (QED) is 0.521. The van der Waals surface area contributed by atoms with Gasteiger partial charge in [0.1, 0.15) is 23.4 Å². The SMILES string of the molecule is CC(=O)C(=O)CC(C(=O)NCc1cccc(F)c1)n1c(-c2ccccc2)ncc(N)c1=O. The van der Waals surface area contributed by atoms with Gasteiger partial charge in [0, 0.05) is 25.5 Å². The van der Waals surface area contributed by atoms with Crippen LogP contribution in [0.1, 0.15) is 24.9 Å². The number of nitrogens with zero attached hydrogens (tertiary/aromatic N) is 2. The normalized spacial score (nSPS) is 11.6. The monoisotopic (exact) mass is 436 g/mol. The van der Waals surface area contributed by atoms with E-state index in [2.05, 4.69) is 10.3 Å². The van der Waals surface area contributed by atoms with Gasteiger partial charge in [-0.05, 0) is 17.7 Å². The van der Waals surface area contributed by atoms with E-state index in [1.54, 1.807) is 36.4 Å². The van der Waals surface area contributed by atoms with E-state index < -0.39 is 41.3 Å². The fourth-order valence-corrected chi connectivity index (χ4v) is 3.15. The van der Waals surface area contributed by atoms with Crippen LogP contribution in [0.4, 0.5) is 10.1 Å². The number of nitrogens with two attached hydrogens (primary N) is 1. The summed E-state index contributed by atoms with van der Waals surface area (Å²) in [5.41, 5.74) is 5.82. The largest absolute Gasteiger partial charge is 0.393 e. The summed E-state index contributed by atoms with van der Waals surface area (Å²) in [5.74, 6) is -2.64. The van der Waals surface area contributed by atoms with Crippen LogP contribution in [0.15, 0.2) is 65.6 Å². The molecule has 0 saturated carbocycles. The summed E-state index contributed by atoms with van der Waals surface area (Å²) in [6.07, 6.45) is 0.616. The van der Waals surface area contributed by atoms with Gasteiger partial charge in [0.05, 0.1) is 6.20 Å². The van der Waals surface area contributed by atoms with Crippen molar-refractivity contribution in [3.63, 3.8) is 0 Å². The number of carbonyl (C=O) groups is 3. The Kier molecular flexibility index (Phi) is 6.89. The van der Waals surface area contributed by atoms with Gasteiger partial charge in [0.15, 0.2) is 5.78 Å². The van der Waals surface area contributed by atoms with Crippen molar-refractivity contribution in [2.75, 3.05) is 5.73 Å². The molecule has 0 radical (unpaired) electrons. The summed E-state index contributed by atoms with van der Waals surface area (Å²) >= 11 is 0. The van der Waals surface area contributed by atoms with Crippen LogP contribution in [0.2, 0.25) is 0 Å². The third kappa shape index (κ3) is 5.12. The Bertz CT molecular complexity index is 1220. The number of benzene rings is 2. The first-order valence-corrected chi connectivity index (χ1v) is 9.76. The molecule has 1 unspecified atom stereocenters. The van der Waals surface area contributed by atoms with Crippen LogP contribution in [0.5, 0.6) is 0 Å². The summed E-state index contributed by atoms with van der Waals surface area (Å²) in [6.45, 7) is 1.04. The molecule has 32 heavy (non-hydrogen) atoms. The van der Waals surface area contributed by atoms with E-state index in [0.29, 0.717) is 11.1 Å². The topological polar surface area (TPSA) is 124 Å². The van der Waals surface area contributed by atoms with Gasteiger partial charge in [0.25, 0.3) is 5.56 Å². The van der Waals surface area contributed by atoms with E-state index in [9.17, 15) is 23.6 Å². The molecule has 8 nitrogen and oxygen atoms in total. The lowest BCUT2D eigenvalue weighted by atomic mass is 10.1. The smallest absolute Gasteiger partial charge is 0.277 e. The number of halogens is 1. The van der Waals surface area contributed by atoms with Crippen molar-refractivity contribution in [2.45, 2.75) is 25.9 Å². The molecule has 0 aliphatic carbocycles. The molecule has 164 valence electrons. The van der Waals surface area contributed by atoms with Crippen LogP contribution in [0.3, 0.4) is 0 Å². The van der Waals surface area contributed by atoms with Gasteiger partial charge >= 0.3 is 0 Å². The molecular formula is C23H21FN4O4. The average Bonchev–Trinajstić information content (AvgIpc) is 2.78. The van der Waals surface area contributed by atoms with E-state index in [1.165, 1.54) is 24.4 Å². The predicted octanol–water partition coefficient (Wildman–Crippen LogP) is 2.04. The van der Waals surface area contributed by atoms with Crippen molar-refractivity contribution in [1.29, 1.82) is 0 Å². The highest BCUT2D eigenvalue weighted by atomic mass is 19.1. The second-order valence-electron chi connectivity index (χ2n) is 7.13. The number of Topliss-reactive ketones (excluding diaryl/α,β-unsaturated/α-hetero) is 2. The van der Waals surface area contributed by atoms with Gasteiger partial charge in [-0.15, -0.1) is 0 Å². The van der Waals surface area contributed by atoms with Gasteiger partial charge < -0.3 is 11.1 Å². The number of carbonyl (C=O) groups excluding carboxylic acids is 3. The number of hydrogen-bond acceptors (Lipinski definition) is 6. The molecule has 1 amide bonds. The molecule has 0 bridgehead atoms. The lowest BCUT2D eigenvalue weighted by molar-refractivity contribution is -0.137. The fourth-order valence-electron chi connectivity index (χ4n) is 3.15. The van der Waals surface area contributed by atoms with Crippen LogP contribution in [-0.4, -0.2) is 27.0 Å². The molecule has 0 spiro atoms. The van der Waals surface area contributed by atoms with E-state index in [-0.39, 0.29) is 18.1 Å². The van der Waals surface area contributed by atoms with E-state index in [1.807, 2.05) is 0 Å². The molecular weight excluding hydrogens is 415 g/mol. The molecule has 1 atom stereocenters. The van der Waals surface area contributed by atoms with Gasteiger partial charge in [-0.1, -0.05) is 42.5 Å². The molecule has 1 aromatic heterocycles. The number of hydrogen-bond donors (Lipinski definition) is 2. The molecule has 3 rings (SSSR count). The highest BCUT2D eigenvalue weighted by molar-refractivity contribution is 6.36. The lowest BCUT2D eigenvalue weighted by Gasteiger charge is -2.22. The number of ketones is 2. The highest BCUT2D eigenvalue weighted by Gasteiger charge is 2.29. The van der Waals surface area contributed by atoms with Crippen molar-refractivity contribution in [2.24, 2.45) is 0 Å². The molecule has 9 heteroatoms. The first-order valence-electron chi connectivity index (χ1n) is 9.76. The van der Waals surface area contributed by atoms with Gasteiger partial charge in [0.2, 0.25) is 11.7 Å². The third-order valence-corrected chi connectivity index (χ3v) is 4.79. The maximum atomic E-state index is 13.5. The zero-order valence-corrected chi connectivity index (χ0v) is 17.2. The Hall–Kier alpha value is -4.14. The Morgan fingerprint density at radius 1 is 1.12 bits per heavy atom. The van der Waals surface area contributed by atoms with Crippen molar-refractivity contribution in [3.8, 4) is 11.4 Å². The maximum absolute atomic E-state index is 13.5. The van der Waals surface area contributed by atoms with Gasteiger partial charge in [-0.3, -0.25) is 23.7 Å². The van der Waals surface area contributed by atoms with Crippen molar-refractivity contribution < 1.29 is 18.8 Å². The summed E-state index contributed by atoms with van der Waals surface area (Å²) in [4.78, 5) is 54.1. The Labute approximate surface area is 182 Å². The molecule has 0 aliphatic rings.